The molecule has 0 radical (unpaired) electrons. The molecule has 28 heavy (non-hydrogen) atoms. The van der Waals surface area contributed by atoms with Gasteiger partial charge in [0.2, 0.25) is 11.8 Å². The minimum Gasteiger partial charge on any atom is -0.353 e. The van der Waals surface area contributed by atoms with E-state index in [-0.39, 0.29) is 17.7 Å². The summed E-state index contributed by atoms with van der Waals surface area (Å²) in [4.78, 5) is 36.4. The molecular weight excluding hydrogens is 352 g/mol. The number of rotatable bonds is 5. The zero-order chi connectivity index (χ0) is 19.7. The molecule has 1 aliphatic heterocycles. The third-order valence-corrected chi connectivity index (χ3v) is 6.52. The predicted molar refractivity (Wildman–Crippen MR) is 107 cm³/mol. The molecule has 3 fully saturated rings. The Labute approximate surface area is 167 Å². The second-order valence-corrected chi connectivity index (χ2v) is 8.85. The van der Waals surface area contributed by atoms with Crippen LogP contribution in [0.3, 0.4) is 0 Å². The van der Waals surface area contributed by atoms with Crippen LogP contribution in [0.25, 0.3) is 0 Å². The van der Waals surface area contributed by atoms with Crippen LogP contribution in [-0.4, -0.2) is 45.8 Å². The Morgan fingerprint density at radius 3 is 2.32 bits per heavy atom. The van der Waals surface area contributed by atoms with Crippen molar-refractivity contribution in [3.05, 3.63) is 22.8 Å². The molecule has 3 aliphatic rings. The van der Waals surface area contributed by atoms with Gasteiger partial charge in [-0.2, -0.15) is 0 Å². The van der Waals surface area contributed by atoms with Gasteiger partial charge in [0.25, 0.3) is 0 Å². The van der Waals surface area contributed by atoms with Gasteiger partial charge >= 0.3 is 0 Å². The SMILES string of the molecule is Cc1nc([C@@H]2CCCN(C(=O)C3CC3)C2)nc(C)c1CC(=O)NC1CCCC1. The summed E-state index contributed by atoms with van der Waals surface area (Å²) < 4.78 is 0. The maximum atomic E-state index is 12.4. The number of nitrogens with one attached hydrogen (secondary N) is 1. The number of likely N-dealkylation sites (tertiary alicyclic amines) is 1. The van der Waals surface area contributed by atoms with Crippen LogP contribution in [0.1, 0.15) is 80.1 Å². The molecular formula is C22H32N4O2. The van der Waals surface area contributed by atoms with Gasteiger partial charge in [0, 0.05) is 47.9 Å². The Hall–Kier alpha value is -1.98. The highest BCUT2D eigenvalue weighted by atomic mass is 16.2. The molecule has 2 saturated carbocycles. The van der Waals surface area contributed by atoms with E-state index in [0.717, 1.165) is 74.4 Å². The van der Waals surface area contributed by atoms with Gasteiger partial charge < -0.3 is 10.2 Å². The molecule has 6 nitrogen and oxygen atoms in total. The number of hydrogen-bond acceptors (Lipinski definition) is 4. The van der Waals surface area contributed by atoms with E-state index in [9.17, 15) is 9.59 Å². The Morgan fingerprint density at radius 1 is 1.00 bits per heavy atom. The number of carbonyl (C=O) groups is 2. The van der Waals surface area contributed by atoms with E-state index in [2.05, 4.69) is 5.32 Å². The standard InChI is InChI=1S/C22H32N4O2/c1-14-19(12-20(27)25-18-7-3-4-8-18)15(2)24-21(23-14)17-6-5-11-26(13-17)22(28)16-9-10-16/h16-18H,3-13H2,1-2H3,(H,25,27)/t17-/m1/s1. The van der Waals surface area contributed by atoms with Crippen molar-refractivity contribution < 1.29 is 9.59 Å². The predicted octanol–water partition coefficient (Wildman–Crippen LogP) is 2.81. The first-order chi connectivity index (χ1) is 13.5. The van der Waals surface area contributed by atoms with Crippen LogP contribution in [0, 0.1) is 19.8 Å². The topological polar surface area (TPSA) is 75.2 Å². The van der Waals surface area contributed by atoms with Gasteiger partial charge in [-0.05, 0) is 52.4 Å². The molecule has 1 aromatic heterocycles. The summed E-state index contributed by atoms with van der Waals surface area (Å²) in [5.74, 6) is 1.70. The Bertz CT molecular complexity index is 730. The number of piperidine rings is 1. The average Bonchev–Trinajstić information content (AvgIpc) is 3.41. The Kier molecular flexibility index (Phi) is 5.65. The molecule has 4 rings (SSSR count). The van der Waals surface area contributed by atoms with Gasteiger partial charge in [-0.1, -0.05) is 12.8 Å². The van der Waals surface area contributed by atoms with Crippen molar-refractivity contribution in [3.8, 4) is 0 Å². The summed E-state index contributed by atoms with van der Waals surface area (Å²) in [7, 11) is 0. The number of hydrogen-bond donors (Lipinski definition) is 1. The highest BCUT2D eigenvalue weighted by molar-refractivity contribution is 5.81. The first-order valence-electron chi connectivity index (χ1n) is 10.9. The van der Waals surface area contributed by atoms with Gasteiger partial charge in [0.05, 0.1) is 6.42 Å². The van der Waals surface area contributed by atoms with Crippen LogP contribution in [0.4, 0.5) is 0 Å². The third-order valence-electron chi connectivity index (χ3n) is 6.52. The zero-order valence-corrected chi connectivity index (χ0v) is 17.2. The minimum atomic E-state index is 0.0771. The number of aromatic nitrogens is 2. The van der Waals surface area contributed by atoms with Crippen LogP contribution >= 0.6 is 0 Å². The maximum Gasteiger partial charge on any atom is 0.225 e. The van der Waals surface area contributed by atoms with Crippen LogP contribution < -0.4 is 5.32 Å². The smallest absolute Gasteiger partial charge is 0.225 e. The fourth-order valence-corrected chi connectivity index (χ4v) is 4.69. The summed E-state index contributed by atoms with van der Waals surface area (Å²) >= 11 is 0. The lowest BCUT2D eigenvalue weighted by atomic mass is 9.96. The molecule has 1 atom stereocenters. The van der Waals surface area contributed by atoms with Crippen molar-refractivity contribution in [2.24, 2.45) is 5.92 Å². The van der Waals surface area contributed by atoms with Crippen molar-refractivity contribution >= 4 is 11.8 Å². The summed E-state index contributed by atoms with van der Waals surface area (Å²) in [6.45, 7) is 5.55. The van der Waals surface area contributed by atoms with Gasteiger partial charge in [-0.3, -0.25) is 9.59 Å². The van der Waals surface area contributed by atoms with E-state index in [1.165, 1.54) is 12.8 Å². The lowest BCUT2D eigenvalue weighted by Crippen LogP contribution is -2.40. The Balaban J connectivity index is 1.42. The maximum absolute atomic E-state index is 12.4. The molecule has 2 heterocycles. The second kappa shape index (κ2) is 8.18. The van der Waals surface area contributed by atoms with E-state index in [1.54, 1.807) is 0 Å². The second-order valence-electron chi connectivity index (χ2n) is 8.85. The van der Waals surface area contributed by atoms with E-state index >= 15 is 0 Å². The molecule has 0 unspecified atom stereocenters. The van der Waals surface area contributed by atoms with Gasteiger partial charge in [0.1, 0.15) is 5.82 Å². The van der Waals surface area contributed by atoms with Gasteiger partial charge in [-0.25, -0.2) is 9.97 Å². The normalized spacial score (nSPS) is 23.1. The molecule has 2 amide bonds. The number of carbonyl (C=O) groups excluding carboxylic acids is 2. The third kappa shape index (κ3) is 4.36. The van der Waals surface area contributed by atoms with Crippen molar-refractivity contribution in [2.45, 2.75) is 83.6 Å². The summed E-state index contributed by atoms with van der Waals surface area (Å²) in [5.41, 5.74) is 2.74. The van der Waals surface area contributed by atoms with Gasteiger partial charge in [-0.15, -0.1) is 0 Å². The van der Waals surface area contributed by atoms with Crippen LogP contribution in [-0.2, 0) is 16.0 Å². The number of amides is 2. The molecule has 2 aliphatic carbocycles. The van der Waals surface area contributed by atoms with E-state index in [1.807, 2.05) is 18.7 Å². The number of aryl methyl sites for hydroxylation is 2. The molecule has 6 heteroatoms. The zero-order valence-electron chi connectivity index (χ0n) is 17.2. The van der Waals surface area contributed by atoms with Crippen LogP contribution in [0.15, 0.2) is 0 Å². The lowest BCUT2D eigenvalue weighted by molar-refractivity contribution is -0.133. The Morgan fingerprint density at radius 2 is 1.68 bits per heavy atom. The highest BCUT2D eigenvalue weighted by Crippen LogP contribution is 2.34. The fourth-order valence-electron chi connectivity index (χ4n) is 4.69. The van der Waals surface area contributed by atoms with Crippen molar-refractivity contribution in [1.29, 1.82) is 0 Å². The molecule has 0 bridgehead atoms. The minimum absolute atomic E-state index is 0.0771. The van der Waals surface area contributed by atoms with E-state index in [4.69, 9.17) is 9.97 Å². The first-order valence-corrected chi connectivity index (χ1v) is 10.9. The molecule has 1 aromatic rings. The van der Waals surface area contributed by atoms with Crippen molar-refractivity contribution in [2.75, 3.05) is 13.1 Å². The molecule has 152 valence electrons. The van der Waals surface area contributed by atoms with Crippen LogP contribution in [0.2, 0.25) is 0 Å². The molecule has 1 saturated heterocycles. The molecule has 1 N–H and O–H groups in total. The van der Waals surface area contributed by atoms with E-state index in [0.29, 0.717) is 18.4 Å². The van der Waals surface area contributed by atoms with Crippen molar-refractivity contribution in [1.82, 2.24) is 20.2 Å². The van der Waals surface area contributed by atoms with E-state index < -0.39 is 0 Å². The monoisotopic (exact) mass is 384 g/mol. The molecule has 0 aromatic carbocycles. The summed E-state index contributed by atoms with van der Waals surface area (Å²) in [6.07, 6.45) is 9.09. The van der Waals surface area contributed by atoms with Crippen molar-refractivity contribution in [3.63, 3.8) is 0 Å². The average molecular weight is 385 g/mol. The first kappa shape index (κ1) is 19.3. The largest absolute Gasteiger partial charge is 0.353 e. The van der Waals surface area contributed by atoms with Crippen LogP contribution in [0.5, 0.6) is 0 Å². The van der Waals surface area contributed by atoms with Gasteiger partial charge in [0.15, 0.2) is 0 Å². The lowest BCUT2D eigenvalue weighted by Gasteiger charge is -2.32. The fraction of sp³-hybridized carbons (Fsp3) is 0.727. The highest BCUT2D eigenvalue weighted by Gasteiger charge is 2.36. The summed E-state index contributed by atoms with van der Waals surface area (Å²) in [6, 6.07) is 0.338. The summed E-state index contributed by atoms with van der Waals surface area (Å²) in [5, 5.41) is 3.16. The molecule has 0 spiro atoms. The quantitative estimate of drug-likeness (QED) is 0.847. The number of nitrogens with zero attached hydrogens (tertiary/aromatic N) is 3.